The summed E-state index contributed by atoms with van der Waals surface area (Å²) < 4.78 is 4.86. The molecule has 0 radical (unpaired) electrons. The van der Waals surface area contributed by atoms with Gasteiger partial charge in [-0.05, 0) is 63.5 Å². The van der Waals surface area contributed by atoms with Crippen molar-refractivity contribution in [2.24, 2.45) is 5.41 Å². The number of aryl methyl sites for hydroxylation is 1. The fourth-order valence-corrected chi connectivity index (χ4v) is 5.37. The zero-order valence-electron chi connectivity index (χ0n) is 18.7. The number of terminal acetylenes is 1. The summed E-state index contributed by atoms with van der Waals surface area (Å²) in [6.45, 7) is 4.15. The van der Waals surface area contributed by atoms with Crippen LogP contribution in [0.4, 0.5) is 16.3 Å². The fraction of sp³-hybridized carbons (Fsp3) is 0.625. The number of carbonyl (C=O) groups is 2. The van der Waals surface area contributed by atoms with Gasteiger partial charge in [0.15, 0.2) is 6.61 Å². The molecule has 3 aliphatic rings. The van der Waals surface area contributed by atoms with Crippen molar-refractivity contribution in [1.29, 1.82) is 0 Å². The molecule has 1 aliphatic carbocycles. The maximum absolute atomic E-state index is 13.5. The molecule has 32 heavy (non-hydrogen) atoms. The highest BCUT2D eigenvalue weighted by atomic mass is 16.5. The minimum atomic E-state index is -0.607. The molecule has 2 aliphatic heterocycles. The van der Waals surface area contributed by atoms with Gasteiger partial charge in [-0.1, -0.05) is 5.92 Å². The number of amides is 2. The van der Waals surface area contributed by atoms with Crippen LogP contribution >= 0.6 is 0 Å². The lowest BCUT2D eigenvalue weighted by atomic mass is 9.78. The Morgan fingerprint density at radius 1 is 1.34 bits per heavy atom. The van der Waals surface area contributed by atoms with Crippen molar-refractivity contribution in [3.8, 4) is 12.3 Å². The normalized spacial score (nSPS) is 28.0. The lowest BCUT2D eigenvalue weighted by molar-refractivity contribution is -0.139. The first-order valence-electron chi connectivity index (χ1n) is 11.5. The van der Waals surface area contributed by atoms with Crippen LogP contribution in [0.15, 0.2) is 12.3 Å². The highest BCUT2D eigenvalue weighted by Crippen LogP contribution is 2.43. The number of nitrogens with zero attached hydrogens (tertiary/aromatic N) is 3. The number of hydrogen-bond donors (Lipinski definition) is 2. The number of aliphatic hydroxyl groups is 1. The third-order valence-corrected chi connectivity index (χ3v) is 7.17. The average Bonchev–Trinajstić information content (AvgIpc) is 3.09. The molecule has 1 spiro atoms. The zero-order chi connectivity index (χ0) is 22.7. The number of hydrogen-bond acceptors (Lipinski definition) is 6. The Bertz CT molecular complexity index is 906. The molecule has 2 saturated heterocycles. The van der Waals surface area contributed by atoms with Gasteiger partial charge in [0.2, 0.25) is 5.91 Å². The molecule has 3 heterocycles. The van der Waals surface area contributed by atoms with Crippen LogP contribution < -0.4 is 10.2 Å². The monoisotopic (exact) mass is 440 g/mol. The molecule has 3 fully saturated rings. The summed E-state index contributed by atoms with van der Waals surface area (Å²) in [6.07, 6.45) is 12.0. The second-order valence-electron chi connectivity index (χ2n) is 9.28. The quantitative estimate of drug-likeness (QED) is 0.699. The van der Waals surface area contributed by atoms with Crippen molar-refractivity contribution >= 4 is 23.5 Å². The minimum absolute atomic E-state index is 0.0846. The van der Waals surface area contributed by atoms with Crippen LogP contribution in [0.25, 0.3) is 0 Å². The summed E-state index contributed by atoms with van der Waals surface area (Å²) in [5, 5.41) is 12.5. The van der Waals surface area contributed by atoms with E-state index in [1.165, 1.54) is 0 Å². The van der Waals surface area contributed by atoms with Crippen molar-refractivity contribution in [3.05, 3.63) is 17.8 Å². The lowest BCUT2D eigenvalue weighted by Gasteiger charge is -2.41. The molecule has 2 N–H and O–H groups in total. The van der Waals surface area contributed by atoms with Crippen LogP contribution in [0.5, 0.6) is 0 Å². The number of ether oxygens (including phenoxy) is 1. The topological polar surface area (TPSA) is 95.0 Å². The predicted molar refractivity (Wildman–Crippen MR) is 121 cm³/mol. The van der Waals surface area contributed by atoms with Crippen LogP contribution in [0.3, 0.4) is 0 Å². The number of piperidine rings is 1. The number of likely N-dealkylation sites (tertiary alicyclic amines) is 1. The molecule has 2 amide bonds. The van der Waals surface area contributed by atoms with E-state index in [1.54, 1.807) is 6.20 Å². The van der Waals surface area contributed by atoms with Gasteiger partial charge in [0.05, 0.1) is 23.4 Å². The standard InChI is InChI=1S/C24H32N4O4/c1-3-13-32-23(31)26-20-15-25-21(14-17(20)2)27-11-4-9-24(16-27)10-12-28(22(24)30)18-5-7-19(29)8-6-18/h1,14-15,18-19,29H,4-13,16H2,2H3,(H,26,31)/t18?,19?,24-/m0/s1. The van der Waals surface area contributed by atoms with E-state index in [4.69, 9.17) is 11.2 Å². The number of rotatable bonds is 4. The summed E-state index contributed by atoms with van der Waals surface area (Å²) in [5.74, 6) is 3.35. The van der Waals surface area contributed by atoms with Crippen LogP contribution in [-0.4, -0.2) is 65.4 Å². The fourth-order valence-electron chi connectivity index (χ4n) is 5.37. The van der Waals surface area contributed by atoms with Gasteiger partial charge in [-0.15, -0.1) is 6.42 Å². The van der Waals surface area contributed by atoms with Crippen LogP contribution in [0.1, 0.15) is 50.5 Å². The number of aromatic nitrogens is 1. The van der Waals surface area contributed by atoms with E-state index in [0.29, 0.717) is 12.2 Å². The summed E-state index contributed by atoms with van der Waals surface area (Å²) in [7, 11) is 0. The van der Waals surface area contributed by atoms with Gasteiger partial charge in [0.25, 0.3) is 0 Å². The molecule has 1 aromatic rings. The molecule has 8 nitrogen and oxygen atoms in total. The molecule has 172 valence electrons. The number of anilines is 2. The third kappa shape index (κ3) is 4.53. The Kier molecular flexibility index (Phi) is 6.56. The highest BCUT2D eigenvalue weighted by molar-refractivity contribution is 5.87. The molecule has 1 aromatic heterocycles. The molecular weight excluding hydrogens is 408 g/mol. The second kappa shape index (κ2) is 9.37. The van der Waals surface area contributed by atoms with Crippen LogP contribution in [-0.2, 0) is 9.53 Å². The van der Waals surface area contributed by atoms with Gasteiger partial charge in [0.1, 0.15) is 5.82 Å². The first-order valence-corrected chi connectivity index (χ1v) is 11.5. The molecule has 0 unspecified atom stereocenters. The van der Waals surface area contributed by atoms with Crippen molar-refractivity contribution in [2.45, 2.75) is 64.0 Å². The van der Waals surface area contributed by atoms with Gasteiger partial charge in [0, 0.05) is 25.7 Å². The SMILES string of the molecule is C#CCOC(=O)Nc1cnc(N2CCC[C@]3(CCN(C4CCC(O)CC4)C3=O)C2)cc1C. The lowest BCUT2D eigenvalue weighted by Crippen LogP contribution is -2.50. The third-order valence-electron chi connectivity index (χ3n) is 7.17. The zero-order valence-corrected chi connectivity index (χ0v) is 18.7. The Morgan fingerprint density at radius 2 is 2.12 bits per heavy atom. The molecule has 1 atom stereocenters. The van der Waals surface area contributed by atoms with Crippen molar-refractivity contribution in [3.63, 3.8) is 0 Å². The summed E-state index contributed by atoms with van der Waals surface area (Å²) >= 11 is 0. The van der Waals surface area contributed by atoms with E-state index < -0.39 is 6.09 Å². The Balaban J connectivity index is 1.43. The van der Waals surface area contributed by atoms with E-state index in [2.05, 4.69) is 26.0 Å². The molecular formula is C24H32N4O4. The summed E-state index contributed by atoms with van der Waals surface area (Å²) in [5.41, 5.74) is 1.09. The van der Waals surface area contributed by atoms with E-state index >= 15 is 0 Å². The van der Waals surface area contributed by atoms with Gasteiger partial charge >= 0.3 is 6.09 Å². The number of pyridine rings is 1. The second-order valence-corrected chi connectivity index (χ2v) is 9.28. The Hall–Kier alpha value is -2.79. The number of nitrogens with one attached hydrogen (secondary N) is 1. The largest absolute Gasteiger partial charge is 0.436 e. The first-order chi connectivity index (χ1) is 15.4. The van der Waals surface area contributed by atoms with Gasteiger partial charge < -0.3 is 19.6 Å². The van der Waals surface area contributed by atoms with E-state index in [0.717, 1.165) is 69.4 Å². The smallest absolute Gasteiger partial charge is 0.412 e. The van der Waals surface area contributed by atoms with Gasteiger partial charge in [-0.25, -0.2) is 9.78 Å². The molecule has 8 heteroatoms. The van der Waals surface area contributed by atoms with Crippen molar-refractivity contribution in [1.82, 2.24) is 9.88 Å². The van der Waals surface area contributed by atoms with Gasteiger partial charge in [-0.3, -0.25) is 10.1 Å². The molecule has 0 bridgehead atoms. The Labute approximate surface area is 189 Å². The van der Waals surface area contributed by atoms with Crippen LogP contribution in [0, 0.1) is 24.7 Å². The maximum Gasteiger partial charge on any atom is 0.412 e. The predicted octanol–water partition coefficient (Wildman–Crippen LogP) is 2.69. The molecule has 1 saturated carbocycles. The average molecular weight is 441 g/mol. The first kappa shape index (κ1) is 22.4. The number of aliphatic hydroxyl groups excluding tert-OH is 1. The molecule has 4 rings (SSSR count). The minimum Gasteiger partial charge on any atom is -0.436 e. The van der Waals surface area contributed by atoms with Crippen molar-refractivity contribution in [2.75, 3.05) is 36.5 Å². The Morgan fingerprint density at radius 3 is 2.84 bits per heavy atom. The van der Waals surface area contributed by atoms with E-state index in [1.807, 2.05) is 13.0 Å². The van der Waals surface area contributed by atoms with E-state index in [9.17, 15) is 14.7 Å². The van der Waals surface area contributed by atoms with E-state index in [-0.39, 0.29) is 30.1 Å². The molecule has 0 aromatic carbocycles. The maximum atomic E-state index is 13.5. The van der Waals surface area contributed by atoms with Crippen molar-refractivity contribution < 1.29 is 19.4 Å². The number of carbonyl (C=O) groups excluding carboxylic acids is 2. The van der Waals surface area contributed by atoms with Gasteiger partial charge in [-0.2, -0.15) is 0 Å². The van der Waals surface area contributed by atoms with Crippen LogP contribution in [0.2, 0.25) is 0 Å². The highest BCUT2D eigenvalue weighted by Gasteiger charge is 2.50. The summed E-state index contributed by atoms with van der Waals surface area (Å²) in [4.78, 5) is 34.1. The summed E-state index contributed by atoms with van der Waals surface area (Å²) in [6, 6.07) is 2.20.